The summed E-state index contributed by atoms with van der Waals surface area (Å²) in [6, 6.07) is 14.9. The Bertz CT molecular complexity index is 836. The van der Waals surface area contributed by atoms with E-state index in [0.717, 1.165) is 36.8 Å². The van der Waals surface area contributed by atoms with Crippen LogP contribution in [0.15, 0.2) is 60.7 Å². The van der Waals surface area contributed by atoms with E-state index in [-0.39, 0.29) is 23.9 Å². The van der Waals surface area contributed by atoms with Gasteiger partial charge in [0.2, 0.25) is 11.8 Å². The molecule has 2 aromatic rings. The van der Waals surface area contributed by atoms with E-state index < -0.39 is 0 Å². The lowest BCUT2D eigenvalue weighted by Crippen LogP contribution is -2.43. The number of nitrogens with one attached hydrogen (secondary N) is 2. The third kappa shape index (κ3) is 7.36. The van der Waals surface area contributed by atoms with Crippen LogP contribution in [-0.4, -0.2) is 23.9 Å². The van der Waals surface area contributed by atoms with Gasteiger partial charge in [-0.15, -0.1) is 0 Å². The molecule has 6 heteroatoms. The summed E-state index contributed by atoms with van der Waals surface area (Å²) in [5, 5.41) is 7.41. The first-order valence-corrected chi connectivity index (χ1v) is 10.7. The van der Waals surface area contributed by atoms with Crippen molar-refractivity contribution in [2.45, 2.75) is 37.8 Å². The first-order valence-electron chi connectivity index (χ1n) is 9.96. The Labute approximate surface area is 187 Å². The molecule has 30 heavy (non-hydrogen) atoms. The number of benzene rings is 2. The van der Waals surface area contributed by atoms with Gasteiger partial charge in [-0.05, 0) is 73.2 Å². The van der Waals surface area contributed by atoms with Crippen LogP contribution in [0.5, 0.6) is 0 Å². The third-order valence-electron chi connectivity index (χ3n) is 5.01. The molecule has 0 atom stereocenters. The molecule has 0 radical (unpaired) electrons. The van der Waals surface area contributed by atoms with Crippen LogP contribution < -0.4 is 10.6 Å². The normalized spacial score (nSPS) is 19.1. The van der Waals surface area contributed by atoms with Crippen LogP contribution in [0.3, 0.4) is 0 Å². The minimum absolute atomic E-state index is 0.108. The van der Waals surface area contributed by atoms with Crippen molar-refractivity contribution in [1.82, 2.24) is 10.6 Å². The van der Waals surface area contributed by atoms with Gasteiger partial charge in [-0.1, -0.05) is 47.5 Å². The Morgan fingerprint density at radius 2 is 1.00 bits per heavy atom. The second-order valence-corrected chi connectivity index (χ2v) is 8.21. The SMILES string of the molecule is O=C(C=Cc1ccc(Cl)cc1)NC1CCC(NC(=O)C=Cc2ccc(Cl)cc2)CC1. The zero-order valence-corrected chi connectivity index (χ0v) is 18.0. The highest BCUT2D eigenvalue weighted by Gasteiger charge is 2.22. The molecule has 3 rings (SSSR count). The molecule has 0 bridgehead atoms. The lowest BCUT2D eigenvalue weighted by atomic mass is 9.91. The van der Waals surface area contributed by atoms with E-state index in [1.807, 2.05) is 24.3 Å². The molecule has 2 N–H and O–H groups in total. The summed E-state index contributed by atoms with van der Waals surface area (Å²) < 4.78 is 0. The van der Waals surface area contributed by atoms with Gasteiger partial charge in [0, 0.05) is 34.3 Å². The summed E-state index contributed by atoms with van der Waals surface area (Å²) in [5.74, 6) is -0.216. The molecule has 1 aliphatic carbocycles. The van der Waals surface area contributed by atoms with Gasteiger partial charge in [-0.3, -0.25) is 9.59 Å². The number of hydrogen-bond donors (Lipinski definition) is 2. The fourth-order valence-corrected chi connectivity index (χ4v) is 3.62. The van der Waals surface area contributed by atoms with Gasteiger partial charge in [0.25, 0.3) is 0 Å². The standard InChI is InChI=1S/C24H24Cl2N2O2/c25-19-7-1-17(2-8-19)5-15-23(29)27-21-11-13-22(14-12-21)28-24(30)16-6-18-3-9-20(26)10-4-18/h1-10,15-16,21-22H,11-14H2,(H,27,29)(H,28,30). The fraction of sp³-hybridized carbons (Fsp3) is 0.250. The van der Waals surface area contributed by atoms with E-state index in [1.54, 1.807) is 48.6 Å². The van der Waals surface area contributed by atoms with E-state index in [0.29, 0.717) is 10.0 Å². The number of hydrogen-bond acceptors (Lipinski definition) is 2. The van der Waals surface area contributed by atoms with Crippen LogP contribution in [0.2, 0.25) is 10.0 Å². The summed E-state index contributed by atoms with van der Waals surface area (Å²) >= 11 is 11.7. The first kappa shape index (κ1) is 22.1. The van der Waals surface area contributed by atoms with Crippen molar-refractivity contribution in [3.8, 4) is 0 Å². The smallest absolute Gasteiger partial charge is 0.244 e. The average molecular weight is 443 g/mol. The highest BCUT2D eigenvalue weighted by molar-refractivity contribution is 6.30. The zero-order valence-electron chi connectivity index (χ0n) is 16.5. The molecule has 156 valence electrons. The number of carbonyl (C=O) groups excluding carboxylic acids is 2. The molecular weight excluding hydrogens is 419 g/mol. The Morgan fingerprint density at radius 1 is 0.667 bits per heavy atom. The largest absolute Gasteiger partial charge is 0.350 e. The van der Waals surface area contributed by atoms with Gasteiger partial charge in [0.15, 0.2) is 0 Å². The van der Waals surface area contributed by atoms with Crippen molar-refractivity contribution in [2.24, 2.45) is 0 Å². The molecule has 0 spiro atoms. The maximum absolute atomic E-state index is 12.1. The summed E-state index contributed by atoms with van der Waals surface area (Å²) in [5.41, 5.74) is 1.85. The van der Waals surface area contributed by atoms with E-state index in [4.69, 9.17) is 23.2 Å². The summed E-state index contributed by atoms with van der Waals surface area (Å²) in [4.78, 5) is 24.3. The van der Waals surface area contributed by atoms with Crippen LogP contribution in [0, 0.1) is 0 Å². The van der Waals surface area contributed by atoms with Gasteiger partial charge in [0.05, 0.1) is 0 Å². The predicted octanol–water partition coefficient (Wildman–Crippen LogP) is 5.26. The van der Waals surface area contributed by atoms with Gasteiger partial charge in [-0.2, -0.15) is 0 Å². The maximum Gasteiger partial charge on any atom is 0.244 e. The van der Waals surface area contributed by atoms with Crippen LogP contribution in [0.4, 0.5) is 0 Å². The number of rotatable bonds is 6. The molecule has 1 fully saturated rings. The minimum Gasteiger partial charge on any atom is -0.350 e. The van der Waals surface area contributed by atoms with E-state index in [9.17, 15) is 9.59 Å². The van der Waals surface area contributed by atoms with Crippen LogP contribution in [0.25, 0.3) is 12.2 Å². The monoisotopic (exact) mass is 442 g/mol. The van der Waals surface area contributed by atoms with Crippen molar-refractivity contribution >= 4 is 47.2 Å². The molecule has 0 aromatic heterocycles. The molecule has 0 heterocycles. The van der Waals surface area contributed by atoms with E-state index in [2.05, 4.69) is 10.6 Å². The Balaban J connectivity index is 1.38. The van der Waals surface area contributed by atoms with Crippen molar-refractivity contribution < 1.29 is 9.59 Å². The molecular formula is C24H24Cl2N2O2. The van der Waals surface area contributed by atoms with Crippen molar-refractivity contribution in [1.29, 1.82) is 0 Å². The summed E-state index contributed by atoms with van der Waals surface area (Å²) in [6.45, 7) is 0. The topological polar surface area (TPSA) is 58.2 Å². The fourth-order valence-electron chi connectivity index (χ4n) is 3.37. The molecule has 0 saturated heterocycles. The summed E-state index contributed by atoms with van der Waals surface area (Å²) in [7, 11) is 0. The van der Waals surface area contributed by atoms with Gasteiger partial charge in [-0.25, -0.2) is 0 Å². The van der Waals surface area contributed by atoms with Gasteiger partial charge in [0.1, 0.15) is 0 Å². The molecule has 2 amide bonds. The van der Waals surface area contributed by atoms with Gasteiger partial charge >= 0.3 is 0 Å². The second kappa shape index (κ2) is 11.0. The maximum atomic E-state index is 12.1. The molecule has 0 unspecified atom stereocenters. The van der Waals surface area contributed by atoms with Crippen LogP contribution in [0.1, 0.15) is 36.8 Å². The van der Waals surface area contributed by atoms with Crippen molar-refractivity contribution in [3.63, 3.8) is 0 Å². The van der Waals surface area contributed by atoms with Crippen molar-refractivity contribution in [2.75, 3.05) is 0 Å². The van der Waals surface area contributed by atoms with Crippen LogP contribution >= 0.6 is 23.2 Å². The quantitative estimate of drug-likeness (QED) is 0.599. The Hall–Kier alpha value is -2.56. The minimum atomic E-state index is -0.108. The molecule has 1 saturated carbocycles. The lowest BCUT2D eigenvalue weighted by Gasteiger charge is -2.29. The van der Waals surface area contributed by atoms with Crippen LogP contribution in [-0.2, 0) is 9.59 Å². The molecule has 1 aliphatic rings. The highest BCUT2D eigenvalue weighted by Crippen LogP contribution is 2.19. The predicted molar refractivity (Wildman–Crippen MR) is 123 cm³/mol. The molecule has 4 nitrogen and oxygen atoms in total. The lowest BCUT2D eigenvalue weighted by molar-refractivity contribution is -0.118. The van der Waals surface area contributed by atoms with Crippen molar-refractivity contribution in [3.05, 3.63) is 81.9 Å². The summed E-state index contributed by atoms with van der Waals surface area (Å²) in [6.07, 6.45) is 9.98. The molecule has 2 aromatic carbocycles. The molecule has 0 aliphatic heterocycles. The van der Waals surface area contributed by atoms with Gasteiger partial charge < -0.3 is 10.6 Å². The number of carbonyl (C=O) groups is 2. The Morgan fingerprint density at radius 3 is 1.33 bits per heavy atom. The number of halogens is 2. The Kier molecular flexibility index (Phi) is 8.12. The van der Waals surface area contributed by atoms with E-state index in [1.165, 1.54) is 0 Å². The average Bonchev–Trinajstić information content (AvgIpc) is 2.74. The number of amides is 2. The zero-order chi connectivity index (χ0) is 21.3. The third-order valence-corrected chi connectivity index (χ3v) is 5.52. The second-order valence-electron chi connectivity index (χ2n) is 7.34. The van der Waals surface area contributed by atoms with E-state index >= 15 is 0 Å². The highest BCUT2D eigenvalue weighted by atomic mass is 35.5. The first-order chi connectivity index (χ1) is 14.5.